The van der Waals surface area contributed by atoms with Gasteiger partial charge < -0.3 is 28.8 Å². The van der Waals surface area contributed by atoms with Gasteiger partial charge in [-0.3, -0.25) is 19.4 Å². The highest BCUT2D eigenvalue weighted by molar-refractivity contribution is 8.00. The first kappa shape index (κ1) is 28.8. The zero-order chi connectivity index (χ0) is 31.2. The molecule has 1 unspecified atom stereocenters. The van der Waals surface area contributed by atoms with Crippen LogP contribution in [-0.4, -0.2) is 84.1 Å². The molecule has 6 atom stereocenters. The number of aryl methyl sites for hydroxylation is 1. The Kier molecular flexibility index (Phi) is 6.73. The summed E-state index contributed by atoms with van der Waals surface area (Å²) in [5.41, 5.74) is 4.16. The standard InChI is InChI=1S/C31H31N3O9S/c1-12-6-15-7-16-17(8-32)34-18-9-40-31(38)19(36)10-44-30(24(34)23(33(16)4)20(15)25(37)26(12)39-5)22-21(18)29-28(41-11-42-29)13(2)27(22)43-14(3)35/h6,16-18,23-24,30,37H,7,9-11H2,1-5H3/t16-,17-,18-,23-,24+,30?/m0/s1. The number of thioether (sulfide) groups is 1. The Labute approximate surface area is 257 Å². The third-order valence-electron chi connectivity index (χ3n) is 9.54. The summed E-state index contributed by atoms with van der Waals surface area (Å²) >= 11 is 1.22. The van der Waals surface area contributed by atoms with Gasteiger partial charge >= 0.3 is 11.9 Å². The van der Waals surface area contributed by atoms with Gasteiger partial charge in [-0.05, 0) is 38.4 Å². The third-order valence-corrected chi connectivity index (χ3v) is 10.8. The van der Waals surface area contributed by atoms with Crippen molar-refractivity contribution in [3.05, 3.63) is 39.4 Å². The van der Waals surface area contributed by atoms with E-state index in [-0.39, 0.29) is 30.9 Å². The lowest BCUT2D eigenvalue weighted by Gasteiger charge is -2.61. The minimum atomic E-state index is -0.949. The van der Waals surface area contributed by atoms with Crippen molar-refractivity contribution in [3.63, 3.8) is 0 Å². The van der Waals surface area contributed by atoms with E-state index in [4.69, 9.17) is 23.7 Å². The largest absolute Gasteiger partial charge is 0.504 e. The van der Waals surface area contributed by atoms with Crippen LogP contribution in [0.3, 0.4) is 0 Å². The second-order valence-electron chi connectivity index (χ2n) is 11.8. The average molecular weight is 622 g/mol. The van der Waals surface area contributed by atoms with Crippen LogP contribution in [0.4, 0.5) is 0 Å². The molecule has 0 saturated carbocycles. The van der Waals surface area contributed by atoms with E-state index in [1.54, 1.807) is 6.92 Å². The Bertz CT molecular complexity index is 1690. The first-order valence-electron chi connectivity index (χ1n) is 14.3. The number of hydrogen-bond acceptors (Lipinski definition) is 13. The highest BCUT2D eigenvalue weighted by Gasteiger charge is 2.60. The summed E-state index contributed by atoms with van der Waals surface area (Å²) in [6, 6.07) is 1.81. The minimum absolute atomic E-state index is 0.0240. The average Bonchev–Trinajstić information content (AvgIpc) is 3.47. The molecular weight excluding hydrogens is 590 g/mol. The third kappa shape index (κ3) is 3.87. The fraction of sp³-hybridized carbons (Fsp3) is 0.484. The first-order chi connectivity index (χ1) is 21.1. The Balaban J connectivity index is 1.57. The molecule has 12 nitrogen and oxygen atoms in total. The summed E-state index contributed by atoms with van der Waals surface area (Å²) in [7, 11) is 3.45. The predicted octanol–water partition coefficient (Wildman–Crippen LogP) is 2.80. The van der Waals surface area contributed by atoms with E-state index >= 15 is 0 Å². The first-order valence-corrected chi connectivity index (χ1v) is 15.4. The van der Waals surface area contributed by atoms with Gasteiger partial charge in [0.05, 0.1) is 36.3 Å². The summed E-state index contributed by atoms with van der Waals surface area (Å²) < 4.78 is 29.0. The molecule has 2 saturated heterocycles. The van der Waals surface area contributed by atoms with Crippen LogP contribution in [0.15, 0.2) is 6.07 Å². The number of aromatic hydroxyl groups is 1. The fourth-order valence-electron chi connectivity index (χ4n) is 7.90. The van der Waals surface area contributed by atoms with Crippen molar-refractivity contribution in [2.75, 3.05) is 33.3 Å². The number of fused-ring (bicyclic) bond motifs is 9. The maximum Gasteiger partial charge on any atom is 0.375 e. The van der Waals surface area contributed by atoms with Gasteiger partial charge in [0.25, 0.3) is 0 Å². The molecule has 1 N–H and O–H groups in total. The van der Waals surface area contributed by atoms with Crippen LogP contribution in [0.1, 0.15) is 57.6 Å². The summed E-state index contributed by atoms with van der Waals surface area (Å²) in [4.78, 5) is 42.3. The van der Waals surface area contributed by atoms with Crippen LogP contribution in [0.5, 0.6) is 28.7 Å². The molecule has 0 aliphatic carbocycles. The molecule has 0 spiro atoms. The number of benzene rings is 2. The number of nitriles is 1. The van der Waals surface area contributed by atoms with Crippen LogP contribution < -0.4 is 18.9 Å². The van der Waals surface area contributed by atoms with Gasteiger partial charge in [-0.2, -0.15) is 5.26 Å². The topological polar surface area (TPSA) is 148 Å². The number of esters is 2. The van der Waals surface area contributed by atoms with Gasteiger partial charge in [0.2, 0.25) is 12.6 Å². The number of methoxy groups -OCH3 is 1. The van der Waals surface area contributed by atoms with Crippen LogP contribution in [0.25, 0.3) is 0 Å². The number of cyclic esters (lactones) is 1. The molecule has 5 aliphatic heterocycles. The lowest BCUT2D eigenvalue weighted by atomic mass is 9.71. The number of hydrogen-bond donors (Lipinski definition) is 1. The molecule has 13 heteroatoms. The van der Waals surface area contributed by atoms with Gasteiger partial charge in [0.1, 0.15) is 18.4 Å². The maximum absolute atomic E-state index is 12.9. The van der Waals surface area contributed by atoms with Crippen LogP contribution in [0, 0.1) is 25.2 Å². The van der Waals surface area contributed by atoms with E-state index in [9.17, 15) is 24.8 Å². The smallest absolute Gasteiger partial charge is 0.375 e. The summed E-state index contributed by atoms with van der Waals surface area (Å²) in [6.45, 7) is 4.65. The number of rotatable bonds is 2. The van der Waals surface area contributed by atoms with E-state index in [1.165, 1.54) is 25.8 Å². The summed E-state index contributed by atoms with van der Waals surface area (Å²) in [6.07, 6.45) is 0.488. The number of carbonyl (C=O) groups excluding carboxylic acids is 3. The Morgan fingerprint density at radius 2 is 1.89 bits per heavy atom. The molecule has 230 valence electrons. The lowest BCUT2D eigenvalue weighted by Crippen LogP contribution is -2.69. The van der Waals surface area contributed by atoms with Gasteiger partial charge in [-0.25, -0.2) is 4.79 Å². The van der Waals surface area contributed by atoms with Crippen LogP contribution in [-0.2, 0) is 25.5 Å². The van der Waals surface area contributed by atoms with Crippen molar-refractivity contribution in [1.29, 1.82) is 5.26 Å². The Morgan fingerprint density at radius 3 is 2.59 bits per heavy atom. The molecule has 2 fully saturated rings. The van der Waals surface area contributed by atoms with E-state index < -0.39 is 47.1 Å². The van der Waals surface area contributed by atoms with Crippen molar-refractivity contribution in [2.24, 2.45) is 0 Å². The molecule has 2 aromatic carbocycles. The second-order valence-corrected chi connectivity index (χ2v) is 12.9. The molecule has 4 bridgehead atoms. The number of Topliss-reactive ketones (excluding diaryl/α,β-unsaturated/α-hetero) is 1. The number of piperazine rings is 1. The number of nitrogens with zero attached hydrogens (tertiary/aromatic N) is 3. The molecule has 5 aliphatic rings. The maximum atomic E-state index is 12.9. The van der Waals surface area contributed by atoms with E-state index in [0.29, 0.717) is 51.7 Å². The van der Waals surface area contributed by atoms with Gasteiger partial charge in [-0.1, -0.05) is 6.07 Å². The molecule has 0 aromatic heterocycles. The zero-order valence-corrected chi connectivity index (χ0v) is 25.6. The lowest BCUT2D eigenvalue weighted by molar-refractivity contribution is -0.157. The molecule has 0 amide bonds. The molecule has 7 rings (SSSR count). The SMILES string of the molecule is COc1c(C)cc2c(c1O)[C@H]1[C@@H]3C4SCC(=O)C(=O)OC[C@@H](c5c6c(c(C)c(OC(C)=O)c54)OCO6)N3[C@@H](C#N)[C@H](C2)N1C. The number of phenolic OH excluding ortho intramolecular Hbond substituents is 1. The normalized spacial score (nSPS) is 28.7. The van der Waals surface area contributed by atoms with Gasteiger partial charge in [0.15, 0.2) is 23.0 Å². The fourth-order valence-corrected chi connectivity index (χ4v) is 9.23. The van der Waals surface area contributed by atoms with Crippen molar-refractivity contribution in [2.45, 2.75) is 62.7 Å². The highest BCUT2D eigenvalue weighted by Crippen LogP contribution is 2.63. The van der Waals surface area contributed by atoms with Crippen molar-refractivity contribution >= 4 is 29.5 Å². The number of ketones is 1. The molecular formula is C31H31N3O9S. The summed E-state index contributed by atoms with van der Waals surface area (Å²) in [5.74, 6) is -0.855. The van der Waals surface area contributed by atoms with Crippen LogP contribution in [0.2, 0.25) is 0 Å². The van der Waals surface area contributed by atoms with E-state index in [0.717, 1.165) is 11.1 Å². The zero-order valence-electron chi connectivity index (χ0n) is 24.8. The Morgan fingerprint density at radius 1 is 1.14 bits per heavy atom. The van der Waals surface area contributed by atoms with E-state index in [1.807, 2.05) is 20.0 Å². The number of ether oxygens (including phenoxy) is 5. The van der Waals surface area contributed by atoms with E-state index in [2.05, 4.69) is 15.9 Å². The van der Waals surface area contributed by atoms with Crippen LogP contribution >= 0.6 is 11.8 Å². The highest BCUT2D eigenvalue weighted by atomic mass is 32.2. The summed E-state index contributed by atoms with van der Waals surface area (Å²) in [5, 5.41) is 21.9. The number of likely N-dealkylation sites (N-methyl/N-ethyl adjacent to an activating group) is 1. The Hall–Kier alpha value is -3.99. The molecule has 0 radical (unpaired) electrons. The molecule has 44 heavy (non-hydrogen) atoms. The predicted molar refractivity (Wildman–Crippen MR) is 155 cm³/mol. The molecule has 5 heterocycles. The number of carbonyl (C=O) groups is 3. The minimum Gasteiger partial charge on any atom is -0.504 e. The quantitative estimate of drug-likeness (QED) is 0.298. The number of phenols is 1. The van der Waals surface area contributed by atoms with Crippen molar-refractivity contribution < 1.29 is 43.2 Å². The molecule has 2 aromatic rings. The van der Waals surface area contributed by atoms with Gasteiger partial charge in [0, 0.05) is 41.3 Å². The van der Waals surface area contributed by atoms with Gasteiger partial charge in [-0.15, -0.1) is 11.8 Å². The monoisotopic (exact) mass is 621 g/mol. The van der Waals surface area contributed by atoms with Crippen molar-refractivity contribution in [1.82, 2.24) is 9.80 Å². The van der Waals surface area contributed by atoms with Crippen molar-refractivity contribution in [3.8, 4) is 34.8 Å². The second kappa shape index (κ2) is 10.3.